The van der Waals surface area contributed by atoms with E-state index in [-0.39, 0.29) is 11.3 Å². The van der Waals surface area contributed by atoms with E-state index in [9.17, 15) is 10.1 Å². The third kappa shape index (κ3) is 4.33. The van der Waals surface area contributed by atoms with Crippen LogP contribution in [0.4, 0.5) is 17.1 Å². The number of aromatic nitrogens is 2. The van der Waals surface area contributed by atoms with Gasteiger partial charge in [0.05, 0.1) is 35.0 Å². The van der Waals surface area contributed by atoms with Crippen molar-refractivity contribution in [3.05, 3.63) is 46.3 Å². The molecule has 0 unspecified atom stereocenters. The zero-order chi connectivity index (χ0) is 17.6. The first kappa shape index (κ1) is 16.9. The molecule has 8 heteroatoms. The molecule has 0 spiro atoms. The summed E-state index contributed by atoms with van der Waals surface area (Å²) in [7, 11) is 0. The molecule has 1 aliphatic heterocycles. The Morgan fingerprint density at radius 3 is 2.80 bits per heavy atom. The average molecular weight is 340 g/mol. The van der Waals surface area contributed by atoms with E-state index < -0.39 is 4.92 Å². The summed E-state index contributed by atoms with van der Waals surface area (Å²) in [5.74, 6) is 0. The van der Waals surface area contributed by atoms with Gasteiger partial charge in [-0.2, -0.15) is 10.4 Å². The van der Waals surface area contributed by atoms with E-state index in [1.54, 1.807) is 18.3 Å². The predicted octanol–water partition coefficient (Wildman–Crippen LogP) is 2.89. The quantitative estimate of drug-likeness (QED) is 0.641. The van der Waals surface area contributed by atoms with Crippen molar-refractivity contribution in [3.63, 3.8) is 0 Å². The molecule has 130 valence electrons. The van der Waals surface area contributed by atoms with Crippen LogP contribution in [0.3, 0.4) is 0 Å². The fourth-order valence-electron chi connectivity index (χ4n) is 2.99. The lowest BCUT2D eigenvalue weighted by Gasteiger charge is -2.26. The molecule has 2 aromatic rings. The van der Waals surface area contributed by atoms with E-state index in [1.807, 2.05) is 16.9 Å². The molecule has 0 atom stereocenters. The molecule has 0 saturated carbocycles. The van der Waals surface area contributed by atoms with Gasteiger partial charge in [-0.1, -0.05) is 6.42 Å². The van der Waals surface area contributed by atoms with Crippen LogP contribution in [0.2, 0.25) is 0 Å². The number of nitrogens with one attached hydrogen (secondary N) is 1. The monoisotopic (exact) mass is 340 g/mol. The van der Waals surface area contributed by atoms with Crippen molar-refractivity contribution >= 4 is 17.1 Å². The van der Waals surface area contributed by atoms with Crippen LogP contribution in [0.5, 0.6) is 0 Å². The average Bonchev–Trinajstić information content (AvgIpc) is 3.08. The van der Waals surface area contributed by atoms with Crippen LogP contribution in [-0.4, -0.2) is 39.2 Å². The van der Waals surface area contributed by atoms with Crippen molar-refractivity contribution in [2.24, 2.45) is 0 Å². The Bertz CT molecular complexity index is 789. The summed E-state index contributed by atoms with van der Waals surface area (Å²) in [5, 5.41) is 27.4. The van der Waals surface area contributed by atoms with Gasteiger partial charge >= 0.3 is 0 Å². The molecule has 25 heavy (non-hydrogen) atoms. The highest BCUT2D eigenvalue weighted by atomic mass is 16.6. The Balaban J connectivity index is 1.65. The molecular weight excluding hydrogens is 320 g/mol. The number of hydrogen-bond acceptors (Lipinski definition) is 6. The molecular formula is C17H20N6O2. The Morgan fingerprint density at radius 1 is 1.28 bits per heavy atom. The van der Waals surface area contributed by atoms with Gasteiger partial charge in [-0.05, 0) is 38.1 Å². The summed E-state index contributed by atoms with van der Waals surface area (Å²) in [5.41, 5.74) is 1.17. The summed E-state index contributed by atoms with van der Waals surface area (Å²) < 4.78 is 1.84. The molecule has 2 heterocycles. The van der Waals surface area contributed by atoms with Crippen LogP contribution in [-0.2, 0) is 6.54 Å². The van der Waals surface area contributed by atoms with E-state index in [4.69, 9.17) is 5.26 Å². The minimum atomic E-state index is -0.496. The minimum absolute atomic E-state index is 0.125. The van der Waals surface area contributed by atoms with Gasteiger partial charge in [0.25, 0.3) is 5.69 Å². The van der Waals surface area contributed by atoms with Crippen LogP contribution in [0.1, 0.15) is 24.8 Å². The highest BCUT2D eigenvalue weighted by molar-refractivity contribution is 5.70. The third-order valence-electron chi connectivity index (χ3n) is 4.33. The summed E-state index contributed by atoms with van der Waals surface area (Å²) >= 11 is 0. The molecule has 1 N–H and O–H groups in total. The number of anilines is 2. The maximum absolute atomic E-state index is 11.2. The Kier molecular flexibility index (Phi) is 5.26. The van der Waals surface area contributed by atoms with Crippen LogP contribution < -0.4 is 5.32 Å². The van der Waals surface area contributed by atoms with E-state index in [0.717, 1.165) is 26.2 Å². The van der Waals surface area contributed by atoms with E-state index in [2.05, 4.69) is 15.3 Å². The lowest BCUT2D eigenvalue weighted by molar-refractivity contribution is -0.383. The molecule has 8 nitrogen and oxygen atoms in total. The predicted molar refractivity (Wildman–Crippen MR) is 93.6 cm³/mol. The van der Waals surface area contributed by atoms with Gasteiger partial charge < -0.3 is 10.2 Å². The molecule has 3 rings (SSSR count). The van der Waals surface area contributed by atoms with Gasteiger partial charge in [0, 0.05) is 18.8 Å². The van der Waals surface area contributed by atoms with Crippen LogP contribution in [0.15, 0.2) is 30.6 Å². The van der Waals surface area contributed by atoms with E-state index in [0.29, 0.717) is 11.4 Å². The number of hydrogen-bond donors (Lipinski definition) is 1. The van der Waals surface area contributed by atoms with E-state index in [1.165, 1.54) is 25.3 Å². The number of piperidine rings is 1. The van der Waals surface area contributed by atoms with Gasteiger partial charge in [0.2, 0.25) is 0 Å². The number of nitro benzene ring substituents is 1. The van der Waals surface area contributed by atoms with Crippen LogP contribution in [0.25, 0.3) is 0 Å². The van der Waals surface area contributed by atoms with Crippen molar-refractivity contribution in [1.82, 2.24) is 14.7 Å². The van der Waals surface area contributed by atoms with Gasteiger partial charge in [0.1, 0.15) is 5.69 Å². The molecule has 1 fully saturated rings. The van der Waals surface area contributed by atoms with Crippen molar-refractivity contribution in [2.75, 3.05) is 25.0 Å². The second-order valence-electron chi connectivity index (χ2n) is 6.12. The summed E-state index contributed by atoms with van der Waals surface area (Å²) in [6.45, 7) is 4.03. The fourth-order valence-corrected chi connectivity index (χ4v) is 2.99. The third-order valence-corrected chi connectivity index (χ3v) is 4.33. The lowest BCUT2D eigenvalue weighted by atomic mass is 10.1. The van der Waals surface area contributed by atoms with Crippen LogP contribution >= 0.6 is 0 Å². The molecule has 0 aliphatic carbocycles. The second kappa shape index (κ2) is 7.77. The standard InChI is InChI=1S/C17H20N6O2/c18-11-14-4-5-16(17(10-14)23(24)25)20-15-12-19-22(13-15)9-8-21-6-2-1-3-7-21/h4-5,10,12-13,20H,1-3,6-9H2. The maximum atomic E-state index is 11.2. The lowest BCUT2D eigenvalue weighted by Crippen LogP contribution is -2.32. The molecule has 1 saturated heterocycles. The van der Waals surface area contributed by atoms with Crippen molar-refractivity contribution in [1.29, 1.82) is 5.26 Å². The van der Waals surface area contributed by atoms with Crippen molar-refractivity contribution in [3.8, 4) is 6.07 Å². The fraction of sp³-hybridized carbons (Fsp3) is 0.412. The van der Waals surface area contributed by atoms with E-state index >= 15 is 0 Å². The molecule has 0 bridgehead atoms. The zero-order valence-corrected chi connectivity index (χ0v) is 13.9. The number of nitriles is 1. The number of rotatable bonds is 6. The SMILES string of the molecule is N#Cc1ccc(Nc2cnn(CCN3CCCCC3)c2)c([N+](=O)[O-])c1. The molecule has 1 aliphatic rings. The Hall–Kier alpha value is -2.92. The molecule has 1 aromatic heterocycles. The van der Waals surface area contributed by atoms with Crippen molar-refractivity contribution < 1.29 is 4.92 Å². The van der Waals surface area contributed by atoms with Gasteiger partial charge in [-0.15, -0.1) is 0 Å². The van der Waals surface area contributed by atoms with Gasteiger partial charge in [0.15, 0.2) is 0 Å². The smallest absolute Gasteiger partial charge is 0.293 e. The number of nitrogens with zero attached hydrogens (tertiary/aromatic N) is 5. The first-order valence-corrected chi connectivity index (χ1v) is 8.36. The number of nitro groups is 1. The molecule has 0 radical (unpaired) electrons. The summed E-state index contributed by atoms with van der Waals surface area (Å²) in [6.07, 6.45) is 7.32. The van der Waals surface area contributed by atoms with Crippen LogP contribution in [0, 0.1) is 21.4 Å². The normalized spacial score (nSPS) is 14.8. The maximum Gasteiger partial charge on any atom is 0.293 e. The highest BCUT2D eigenvalue weighted by Crippen LogP contribution is 2.28. The molecule has 1 aromatic carbocycles. The number of benzene rings is 1. The van der Waals surface area contributed by atoms with Gasteiger partial charge in [-0.3, -0.25) is 14.8 Å². The van der Waals surface area contributed by atoms with Crippen molar-refractivity contribution in [2.45, 2.75) is 25.8 Å². The first-order valence-electron chi connectivity index (χ1n) is 8.36. The summed E-state index contributed by atoms with van der Waals surface area (Å²) in [6, 6.07) is 6.27. The zero-order valence-electron chi connectivity index (χ0n) is 13.9. The second-order valence-corrected chi connectivity index (χ2v) is 6.12. The Morgan fingerprint density at radius 2 is 2.08 bits per heavy atom. The highest BCUT2D eigenvalue weighted by Gasteiger charge is 2.16. The number of likely N-dealkylation sites (tertiary alicyclic amines) is 1. The minimum Gasteiger partial charge on any atom is -0.347 e. The molecule has 0 amide bonds. The first-order chi connectivity index (χ1) is 12.2. The Labute approximate surface area is 145 Å². The summed E-state index contributed by atoms with van der Waals surface area (Å²) in [4.78, 5) is 13.1. The topological polar surface area (TPSA) is 100 Å². The van der Waals surface area contributed by atoms with Gasteiger partial charge in [-0.25, -0.2) is 0 Å². The largest absolute Gasteiger partial charge is 0.347 e.